The van der Waals surface area contributed by atoms with E-state index in [1.807, 2.05) is 0 Å². The van der Waals surface area contributed by atoms with Crippen LogP contribution in [-0.2, 0) is 0 Å². The fraction of sp³-hybridized carbons (Fsp3) is 0. The first-order valence-corrected chi connectivity index (χ1v) is 7.26. The Morgan fingerprint density at radius 2 is 1.57 bits per heavy atom. The van der Waals surface area contributed by atoms with Gasteiger partial charge >= 0.3 is 10.2 Å². The van der Waals surface area contributed by atoms with Crippen LogP contribution in [0.4, 0.5) is 25.1 Å². The molecule has 0 aliphatic heterocycles. The summed E-state index contributed by atoms with van der Waals surface area (Å²) in [5.41, 5.74) is -1.05. The van der Waals surface area contributed by atoms with E-state index in [1.54, 1.807) is 0 Å². The molecule has 1 heterocycles. The molecule has 0 saturated heterocycles. The topological polar surface area (TPSA) is 56.0 Å². The van der Waals surface area contributed by atoms with Gasteiger partial charge in [0, 0.05) is 18.5 Å². The predicted octanol–water partition coefficient (Wildman–Crippen LogP) is 5.31. The van der Waals surface area contributed by atoms with Crippen LogP contribution in [0.15, 0.2) is 47.6 Å². The van der Waals surface area contributed by atoms with Crippen LogP contribution in [0.2, 0.25) is 0 Å². The second-order valence-corrected chi connectivity index (χ2v) is 6.55. The Bertz CT molecular complexity index is 719. The maximum atomic E-state index is 12.7. The van der Waals surface area contributed by atoms with Gasteiger partial charge in [0.05, 0.1) is 10.5 Å². The highest BCUT2D eigenvalue weighted by molar-refractivity contribution is 8.45. The molecule has 114 valence electrons. The average Bonchev–Trinajstić information content (AvgIpc) is 2.36. The van der Waals surface area contributed by atoms with Gasteiger partial charge in [-0.2, -0.15) is 0 Å². The van der Waals surface area contributed by atoms with E-state index in [4.69, 9.17) is 0 Å². The first-order valence-electron chi connectivity index (χ1n) is 5.31. The highest BCUT2D eigenvalue weighted by Gasteiger charge is 2.65. The summed E-state index contributed by atoms with van der Waals surface area (Å²) in [6.07, 6.45) is 2.55. The van der Waals surface area contributed by atoms with Crippen LogP contribution in [-0.4, -0.2) is 9.91 Å². The van der Waals surface area contributed by atoms with E-state index in [2.05, 4.69) is 4.98 Å². The third kappa shape index (κ3) is 3.27. The molecule has 0 unspecified atom stereocenters. The van der Waals surface area contributed by atoms with Crippen LogP contribution in [0.1, 0.15) is 0 Å². The first-order chi connectivity index (χ1) is 9.38. The molecule has 0 spiro atoms. The quantitative estimate of drug-likeness (QED) is 0.436. The van der Waals surface area contributed by atoms with Crippen LogP contribution in [0, 0.1) is 10.1 Å². The third-order valence-corrected chi connectivity index (χ3v) is 3.75. The summed E-state index contributed by atoms with van der Waals surface area (Å²) in [6, 6.07) is 3.30. The van der Waals surface area contributed by atoms with Crippen molar-refractivity contribution in [3.8, 4) is 11.1 Å². The van der Waals surface area contributed by atoms with E-state index in [-0.39, 0.29) is 23.3 Å². The molecular weight excluding hydrogens is 319 g/mol. The van der Waals surface area contributed by atoms with Gasteiger partial charge in [-0.3, -0.25) is 15.1 Å². The van der Waals surface area contributed by atoms with Gasteiger partial charge in [-0.05, 0) is 29.8 Å². The smallest absolute Gasteiger partial charge is 0.265 e. The Kier molecular flexibility index (Phi) is 2.82. The van der Waals surface area contributed by atoms with Crippen LogP contribution in [0.5, 0.6) is 0 Å². The normalized spacial score (nSPS) is 15.1. The van der Waals surface area contributed by atoms with Crippen molar-refractivity contribution < 1.29 is 24.4 Å². The summed E-state index contributed by atoms with van der Waals surface area (Å²) in [5, 5.41) is 10.9. The lowest BCUT2D eigenvalue weighted by Gasteiger charge is -2.40. The minimum atomic E-state index is -9.96. The average molecular weight is 326 g/mol. The number of benzene rings is 1. The first kappa shape index (κ1) is 15.2. The molecule has 0 fully saturated rings. The van der Waals surface area contributed by atoms with E-state index < -0.39 is 25.7 Å². The highest BCUT2D eigenvalue weighted by atomic mass is 32.5. The molecule has 0 amide bonds. The lowest BCUT2D eigenvalue weighted by molar-refractivity contribution is -0.384. The zero-order valence-electron chi connectivity index (χ0n) is 10.1. The minimum absolute atomic E-state index is 0.142. The van der Waals surface area contributed by atoms with E-state index in [0.717, 1.165) is 0 Å². The fourth-order valence-electron chi connectivity index (χ4n) is 1.68. The number of hydrogen-bond donors (Lipinski definition) is 0. The van der Waals surface area contributed by atoms with Crippen LogP contribution in [0.3, 0.4) is 0 Å². The van der Waals surface area contributed by atoms with Crippen molar-refractivity contribution >= 4 is 15.9 Å². The van der Waals surface area contributed by atoms with Gasteiger partial charge < -0.3 is 0 Å². The molecule has 21 heavy (non-hydrogen) atoms. The van der Waals surface area contributed by atoms with E-state index in [1.165, 1.54) is 24.5 Å². The second kappa shape index (κ2) is 3.91. The number of aromatic nitrogens is 1. The summed E-state index contributed by atoms with van der Waals surface area (Å²) in [5.74, 6) is 0. The molecule has 1 aromatic heterocycles. The Morgan fingerprint density at radius 1 is 1.00 bits per heavy atom. The lowest BCUT2D eigenvalue weighted by Crippen LogP contribution is -2.07. The number of pyridine rings is 1. The largest absolute Gasteiger partial charge is 0.310 e. The van der Waals surface area contributed by atoms with Gasteiger partial charge in [0.2, 0.25) is 0 Å². The third-order valence-electron chi connectivity index (χ3n) is 2.60. The monoisotopic (exact) mass is 326 g/mol. The molecular formula is C11H7F5N2O2S. The van der Waals surface area contributed by atoms with Crippen molar-refractivity contribution in [2.45, 2.75) is 4.90 Å². The molecule has 0 aliphatic rings. The van der Waals surface area contributed by atoms with Crippen molar-refractivity contribution in [1.82, 2.24) is 4.98 Å². The highest BCUT2D eigenvalue weighted by Crippen LogP contribution is 3.02. The summed E-state index contributed by atoms with van der Waals surface area (Å²) in [6.45, 7) is 0. The molecule has 0 aliphatic carbocycles. The van der Waals surface area contributed by atoms with E-state index in [9.17, 15) is 29.5 Å². The molecule has 2 rings (SSSR count). The number of nitrogens with zero attached hydrogens (tertiary/aromatic N) is 2. The Morgan fingerprint density at radius 3 is 2.05 bits per heavy atom. The number of nitro benzene ring substituents is 1. The lowest BCUT2D eigenvalue weighted by atomic mass is 10.1. The number of halogens is 5. The maximum Gasteiger partial charge on any atom is 0.310 e. The summed E-state index contributed by atoms with van der Waals surface area (Å²) < 4.78 is 63.5. The number of rotatable bonds is 3. The molecule has 4 nitrogen and oxygen atoms in total. The zero-order chi connectivity index (χ0) is 16.0. The van der Waals surface area contributed by atoms with Gasteiger partial charge in [0.25, 0.3) is 5.69 Å². The SMILES string of the molecule is O=[N+]([O-])c1cc(S(F)(F)(F)(F)F)ccc1-c1ccncc1. The molecule has 0 saturated carbocycles. The van der Waals surface area contributed by atoms with Crippen molar-refractivity contribution in [3.63, 3.8) is 0 Å². The number of hydrogen-bond acceptors (Lipinski definition) is 3. The summed E-state index contributed by atoms with van der Waals surface area (Å²) in [4.78, 5) is 11.1. The van der Waals surface area contributed by atoms with Crippen molar-refractivity contribution in [3.05, 3.63) is 52.8 Å². The fourth-order valence-corrected chi connectivity index (χ4v) is 2.34. The second-order valence-electron chi connectivity index (χ2n) is 4.14. The molecule has 1 aromatic carbocycles. The Labute approximate surface area is 115 Å². The molecule has 0 atom stereocenters. The zero-order valence-corrected chi connectivity index (χ0v) is 10.9. The van der Waals surface area contributed by atoms with E-state index in [0.29, 0.717) is 6.07 Å². The molecule has 0 radical (unpaired) electrons. The minimum Gasteiger partial charge on any atom is -0.265 e. The van der Waals surface area contributed by atoms with Crippen molar-refractivity contribution in [2.75, 3.05) is 0 Å². The summed E-state index contributed by atoms with van der Waals surface area (Å²) >= 11 is 0. The Balaban J connectivity index is 2.71. The van der Waals surface area contributed by atoms with Crippen LogP contribution in [0.25, 0.3) is 11.1 Å². The van der Waals surface area contributed by atoms with Crippen molar-refractivity contribution in [1.29, 1.82) is 0 Å². The van der Waals surface area contributed by atoms with Gasteiger partial charge in [-0.1, -0.05) is 19.4 Å². The predicted molar refractivity (Wildman–Crippen MR) is 67.7 cm³/mol. The van der Waals surface area contributed by atoms with Gasteiger partial charge in [0.15, 0.2) is 0 Å². The maximum absolute atomic E-state index is 12.7. The van der Waals surface area contributed by atoms with Crippen LogP contribution >= 0.6 is 10.2 Å². The van der Waals surface area contributed by atoms with Crippen LogP contribution < -0.4 is 0 Å². The summed E-state index contributed by atoms with van der Waals surface area (Å²) in [7, 11) is -9.96. The standard InChI is InChI=1S/C11H7F5N2O2S/c12-21(13,14,15,16)9-1-2-10(11(7-9)18(19)20)8-3-5-17-6-4-8/h1-7H. The van der Waals surface area contributed by atoms with E-state index >= 15 is 0 Å². The molecule has 0 N–H and O–H groups in total. The van der Waals surface area contributed by atoms with Crippen molar-refractivity contribution in [2.24, 2.45) is 0 Å². The number of nitro groups is 1. The van der Waals surface area contributed by atoms with Gasteiger partial charge in [-0.25, -0.2) is 0 Å². The molecule has 0 bridgehead atoms. The van der Waals surface area contributed by atoms with Gasteiger partial charge in [0.1, 0.15) is 4.90 Å². The van der Waals surface area contributed by atoms with Gasteiger partial charge in [-0.15, -0.1) is 0 Å². The molecule has 2 aromatic rings. The molecule has 10 heteroatoms. The Hall–Kier alpha value is -2.23.